The van der Waals surface area contributed by atoms with Gasteiger partial charge in [0, 0.05) is 32.0 Å². The standard InChI is InChI=1S/C40H42N4O6/c1-3-4-7-26-12-14-28(15-13-26)29-16-18-30(19-17-29)38(47)41-21-20-36(46)44(2)37-33-11-6-10-32(24-33)31-9-5-8-27(22-31)23-34(40(49)50)43-35(45)25-42-39(37)48/h5-6,8-19,22,24,34,37H,3-4,7,20-21,23,25H2,1-2H3,(H,41,47)(H,42,48)(H,43,45)(H,49,50). The minimum atomic E-state index is -1.19. The number of aliphatic carboxylic acids is 1. The first kappa shape index (κ1) is 35.5. The second-order valence-electron chi connectivity index (χ2n) is 12.5. The van der Waals surface area contributed by atoms with E-state index in [1.807, 2.05) is 30.3 Å². The lowest BCUT2D eigenvalue weighted by Gasteiger charge is -2.28. The zero-order valence-corrected chi connectivity index (χ0v) is 28.3. The molecule has 10 heteroatoms. The third-order valence-corrected chi connectivity index (χ3v) is 8.87. The lowest BCUT2D eigenvalue weighted by molar-refractivity contribution is -0.142. The summed E-state index contributed by atoms with van der Waals surface area (Å²) in [4.78, 5) is 65.8. The second kappa shape index (κ2) is 16.6. The molecule has 0 fully saturated rings. The van der Waals surface area contributed by atoms with E-state index in [4.69, 9.17) is 0 Å². The maximum atomic E-state index is 13.6. The molecule has 1 aliphatic heterocycles. The first-order valence-corrected chi connectivity index (χ1v) is 16.9. The number of carbonyl (C=O) groups excluding carboxylic acids is 4. The molecule has 0 saturated carbocycles. The Labute approximate surface area is 291 Å². The lowest BCUT2D eigenvalue weighted by atomic mass is 9.95. The van der Waals surface area contributed by atoms with E-state index in [2.05, 4.69) is 47.1 Å². The minimum absolute atomic E-state index is 0.0448. The smallest absolute Gasteiger partial charge is 0.326 e. The molecular formula is C40H42N4O6. The van der Waals surface area contributed by atoms with Crippen LogP contribution in [0.4, 0.5) is 0 Å². The molecule has 258 valence electrons. The van der Waals surface area contributed by atoms with E-state index in [-0.39, 0.29) is 25.3 Å². The molecule has 50 heavy (non-hydrogen) atoms. The molecular weight excluding hydrogens is 632 g/mol. The molecule has 1 aliphatic rings. The predicted molar refractivity (Wildman–Crippen MR) is 191 cm³/mol. The molecule has 2 atom stereocenters. The predicted octanol–water partition coefficient (Wildman–Crippen LogP) is 4.92. The summed E-state index contributed by atoms with van der Waals surface area (Å²) in [5, 5.41) is 17.5. The van der Waals surface area contributed by atoms with Gasteiger partial charge in [0.25, 0.3) is 5.91 Å². The summed E-state index contributed by atoms with van der Waals surface area (Å²) in [6, 6.07) is 28.0. The van der Waals surface area contributed by atoms with Gasteiger partial charge in [-0.2, -0.15) is 0 Å². The number of benzene rings is 4. The molecule has 4 amide bonds. The van der Waals surface area contributed by atoms with Crippen molar-refractivity contribution in [1.82, 2.24) is 20.9 Å². The van der Waals surface area contributed by atoms with Crippen molar-refractivity contribution in [2.45, 2.75) is 51.1 Å². The Morgan fingerprint density at radius 2 is 1.52 bits per heavy atom. The van der Waals surface area contributed by atoms with E-state index in [0.717, 1.165) is 47.1 Å². The molecule has 4 N–H and O–H groups in total. The van der Waals surface area contributed by atoms with Gasteiger partial charge in [-0.15, -0.1) is 0 Å². The number of nitrogens with one attached hydrogen (secondary N) is 3. The van der Waals surface area contributed by atoms with E-state index >= 15 is 0 Å². The fourth-order valence-electron chi connectivity index (χ4n) is 6.03. The zero-order chi connectivity index (χ0) is 35.6. The number of aryl methyl sites for hydroxylation is 1. The van der Waals surface area contributed by atoms with Crippen LogP contribution in [0.2, 0.25) is 0 Å². The highest BCUT2D eigenvalue weighted by molar-refractivity contribution is 5.95. The van der Waals surface area contributed by atoms with Gasteiger partial charge in [0.05, 0.1) is 6.54 Å². The molecule has 4 aromatic rings. The summed E-state index contributed by atoms with van der Waals surface area (Å²) in [7, 11) is 1.50. The normalized spacial score (nSPS) is 16.0. The molecule has 10 nitrogen and oxygen atoms in total. The Hall–Kier alpha value is -5.77. The number of unbranched alkanes of at least 4 members (excludes halogenated alkanes) is 1. The van der Waals surface area contributed by atoms with Gasteiger partial charge in [-0.25, -0.2) is 4.79 Å². The number of hydrogen-bond donors (Lipinski definition) is 4. The van der Waals surface area contributed by atoms with Crippen molar-refractivity contribution in [3.05, 3.63) is 119 Å². The molecule has 0 radical (unpaired) electrons. The van der Waals surface area contributed by atoms with E-state index in [9.17, 15) is 29.1 Å². The van der Waals surface area contributed by atoms with Crippen LogP contribution in [-0.4, -0.2) is 65.8 Å². The number of fused-ring (bicyclic) bond motifs is 5. The van der Waals surface area contributed by atoms with Crippen molar-refractivity contribution < 1.29 is 29.1 Å². The topological polar surface area (TPSA) is 145 Å². The van der Waals surface area contributed by atoms with Crippen LogP contribution >= 0.6 is 0 Å². The molecule has 0 aliphatic carbocycles. The van der Waals surface area contributed by atoms with E-state index in [1.165, 1.54) is 17.5 Å². The van der Waals surface area contributed by atoms with Crippen molar-refractivity contribution >= 4 is 29.6 Å². The molecule has 1 heterocycles. The van der Waals surface area contributed by atoms with Crippen LogP contribution in [0.3, 0.4) is 0 Å². The van der Waals surface area contributed by atoms with Gasteiger partial charge in [-0.05, 0) is 70.0 Å². The Morgan fingerprint density at radius 3 is 2.20 bits per heavy atom. The average molecular weight is 675 g/mol. The average Bonchev–Trinajstić information content (AvgIpc) is 3.13. The number of rotatable bonds is 10. The van der Waals surface area contributed by atoms with Crippen LogP contribution in [0.5, 0.6) is 0 Å². The molecule has 0 saturated heterocycles. The monoisotopic (exact) mass is 674 g/mol. The quantitative estimate of drug-likeness (QED) is 0.188. The van der Waals surface area contributed by atoms with Crippen molar-refractivity contribution in [1.29, 1.82) is 0 Å². The number of hydrogen-bond acceptors (Lipinski definition) is 5. The molecule has 5 rings (SSSR count). The number of carbonyl (C=O) groups is 5. The Morgan fingerprint density at radius 1 is 0.860 bits per heavy atom. The second-order valence-corrected chi connectivity index (χ2v) is 12.5. The third kappa shape index (κ3) is 9.02. The summed E-state index contributed by atoms with van der Waals surface area (Å²) in [5.74, 6) is -3.19. The molecule has 4 bridgehead atoms. The maximum Gasteiger partial charge on any atom is 0.326 e. The summed E-state index contributed by atoms with van der Waals surface area (Å²) >= 11 is 0. The summed E-state index contributed by atoms with van der Waals surface area (Å²) in [5.41, 5.74) is 6.65. The van der Waals surface area contributed by atoms with E-state index < -0.39 is 42.3 Å². The first-order valence-electron chi connectivity index (χ1n) is 16.9. The Balaban J connectivity index is 1.26. The van der Waals surface area contributed by atoms with Crippen molar-refractivity contribution in [2.75, 3.05) is 20.1 Å². The zero-order valence-electron chi connectivity index (χ0n) is 28.3. The molecule has 2 unspecified atom stereocenters. The van der Waals surface area contributed by atoms with E-state index in [0.29, 0.717) is 11.1 Å². The SMILES string of the molecule is CCCCc1ccc(-c2ccc(C(=O)NCCC(=O)N(C)C3C(=O)NCC(=O)NC(C(=O)O)Cc4cccc(c4)-c4cccc3c4)cc2)cc1. The van der Waals surface area contributed by atoms with E-state index in [1.54, 1.807) is 42.5 Å². The number of carboxylic acid groups (broad SMARTS) is 1. The summed E-state index contributed by atoms with van der Waals surface area (Å²) in [6.07, 6.45) is 3.36. The number of amides is 4. The minimum Gasteiger partial charge on any atom is -0.480 e. The van der Waals surface area contributed by atoms with Crippen LogP contribution in [0.1, 0.15) is 59.3 Å². The van der Waals surface area contributed by atoms with Gasteiger partial charge in [-0.1, -0.05) is 92.2 Å². The number of nitrogens with zero attached hydrogens (tertiary/aromatic N) is 1. The molecule has 4 aromatic carbocycles. The van der Waals surface area contributed by atoms with Gasteiger partial charge in [0.1, 0.15) is 12.1 Å². The van der Waals surface area contributed by atoms with Gasteiger partial charge >= 0.3 is 5.97 Å². The highest BCUT2D eigenvalue weighted by Gasteiger charge is 2.30. The van der Waals surface area contributed by atoms with Crippen LogP contribution in [-0.2, 0) is 32.0 Å². The number of likely N-dealkylation sites (N-methyl/N-ethyl adjacent to an activating group) is 1. The van der Waals surface area contributed by atoms with Gasteiger partial charge in [-0.3, -0.25) is 19.2 Å². The largest absolute Gasteiger partial charge is 0.480 e. The van der Waals surface area contributed by atoms with Crippen LogP contribution in [0, 0.1) is 0 Å². The van der Waals surface area contributed by atoms with Gasteiger partial charge in [0.2, 0.25) is 17.7 Å². The van der Waals surface area contributed by atoms with Crippen molar-refractivity contribution in [3.63, 3.8) is 0 Å². The molecule has 0 aromatic heterocycles. The third-order valence-electron chi connectivity index (χ3n) is 8.87. The van der Waals surface area contributed by atoms with Gasteiger partial charge in [0.15, 0.2) is 0 Å². The Kier molecular flexibility index (Phi) is 11.8. The highest BCUT2D eigenvalue weighted by Crippen LogP contribution is 2.28. The summed E-state index contributed by atoms with van der Waals surface area (Å²) in [6.45, 7) is 1.75. The van der Waals surface area contributed by atoms with Crippen LogP contribution < -0.4 is 16.0 Å². The summed E-state index contributed by atoms with van der Waals surface area (Å²) < 4.78 is 0. The first-order chi connectivity index (χ1) is 24.1. The number of carboxylic acids is 1. The van der Waals surface area contributed by atoms with Crippen LogP contribution in [0.25, 0.3) is 22.3 Å². The van der Waals surface area contributed by atoms with Crippen molar-refractivity contribution in [2.24, 2.45) is 0 Å². The maximum absolute atomic E-state index is 13.6. The van der Waals surface area contributed by atoms with Crippen molar-refractivity contribution in [3.8, 4) is 22.3 Å². The molecule has 0 spiro atoms. The van der Waals surface area contributed by atoms with Crippen LogP contribution in [0.15, 0.2) is 97.1 Å². The van der Waals surface area contributed by atoms with Gasteiger partial charge < -0.3 is 26.0 Å². The Bertz CT molecular complexity index is 1850. The fraction of sp³-hybridized carbons (Fsp3) is 0.275. The lowest BCUT2D eigenvalue weighted by Crippen LogP contribution is -2.49. The fourth-order valence-corrected chi connectivity index (χ4v) is 6.03. The highest BCUT2D eigenvalue weighted by atomic mass is 16.4.